The van der Waals surface area contributed by atoms with E-state index in [0.29, 0.717) is 5.38 Å². The Morgan fingerprint density at radius 3 is 2.50 bits per heavy atom. The summed E-state index contributed by atoms with van der Waals surface area (Å²) in [6.07, 6.45) is 9.92. The second-order valence-corrected chi connectivity index (χ2v) is 6.99. The van der Waals surface area contributed by atoms with Gasteiger partial charge in [0.25, 0.3) is 0 Å². The van der Waals surface area contributed by atoms with Gasteiger partial charge in [-0.25, -0.2) is 0 Å². The Bertz CT molecular complexity index is 243. The van der Waals surface area contributed by atoms with Gasteiger partial charge in [0, 0.05) is 5.38 Å². The molecule has 2 heteroatoms. The lowest BCUT2D eigenvalue weighted by molar-refractivity contribution is 0.311. The van der Waals surface area contributed by atoms with E-state index >= 15 is 0 Å². The normalized spacial score (nSPS) is 46.7. The lowest BCUT2D eigenvalue weighted by Gasteiger charge is -2.22. The SMILES string of the molecule is ClC1CCC(CNCC2CC3CCC2C3)C1. The van der Waals surface area contributed by atoms with Gasteiger partial charge in [0.05, 0.1) is 0 Å². The second-order valence-electron chi connectivity index (χ2n) is 6.37. The van der Waals surface area contributed by atoms with Gasteiger partial charge in [0.1, 0.15) is 0 Å². The fraction of sp³-hybridized carbons (Fsp3) is 1.00. The van der Waals surface area contributed by atoms with Gasteiger partial charge in [-0.1, -0.05) is 6.42 Å². The summed E-state index contributed by atoms with van der Waals surface area (Å²) < 4.78 is 0. The van der Waals surface area contributed by atoms with Crippen molar-refractivity contribution in [2.45, 2.75) is 50.3 Å². The van der Waals surface area contributed by atoms with Crippen LogP contribution in [0.3, 0.4) is 0 Å². The highest BCUT2D eigenvalue weighted by molar-refractivity contribution is 6.20. The maximum atomic E-state index is 6.14. The van der Waals surface area contributed by atoms with Gasteiger partial charge in [-0.2, -0.15) is 0 Å². The molecule has 3 aliphatic rings. The molecule has 0 spiro atoms. The van der Waals surface area contributed by atoms with Crippen LogP contribution in [0.25, 0.3) is 0 Å². The van der Waals surface area contributed by atoms with Crippen LogP contribution in [-0.4, -0.2) is 18.5 Å². The van der Waals surface area contributed by atoms with Crippen LogP contribution < -0.4 is 5.32 Å². The number of rotatable bonds is 4. The quantitative estimate of drug-likeness (QED) is 0.744. The Kier molecular flexibility index (Phi) is 3.44. The van der Waals surface area contributed by atoms with Crippen molar-refractivity contribution in [2.75, 3.05) is 13.1 Å². The summed E-state index contributed by atoms with van der Waals surface area (Å²) in [7, 11) is 0. The molecule has 1 nitrogen and oxygen atoms in total. The van der Waals surface area contributed by atoms with E-state index in [2.05, 4.69) is 5.32 Å². The number of hydrogen-bond acceptors (Lipinski definition) is 1. The van der Waals surface area contributed by atoms with Crippen LogP contribution in [0, 0.1) is 23.7 Å². The first-order valence-corrected chi connectivity index (χ1v) is 7.59. The third-order valence-corrected chi connectivity index (χ3v) is 5.60. The van der Waals surface area contributed by atoms with Crippen molar-refractivity contribution >= 4 is 11.6 Å². The highest BCUT2D eigenvalue weighted by Crippen LogP contribution is 2.47. The first kappa shape index (κ1) is 11.3. The highest BCUT2D eigenvalue weighted by Gasteiger charge is 2.39. The van der Waals surface area contributed by atoms with Crippen LogP contribution in [0.15, 0.2) is 0 Å². The maximum absolute atomic E-state index is 6.14. The van der Waals surface area contributed by atoms with Crippen LogP contribution in [0.4, 0.5) is 0 Å². The first-order valence-electron chi connectivity index (χ1n) is 7.16. The van der Waals surface area contributed by atoms with Crippen LogP contribution in [-0.2, 0) is 0 Å². The number of hydrogen-bond donors (Lipinski definition) is 1. The zero-order chi connectivity index (χ0) is 11.0. The average molecular weight is 242 g/mol. The van der Waals surface area contributed by atoms with E-state index in [1.54, 1.807) is 6.42 Å². The molecule has 3 fully saturated rings. The Morgan fingerprint density at radius 2 is 1.88 bits per heavy atom. The minimum absolute atomic E-state index is 0.467. The number of halogens is 1. The number of fused-ring (bicyclic) bond motifs is 2. The van der Waals surface area contributed by atoms with E-state index in [4.69, 9.17) is 11.6 Å². The highest BCUT2D eigenvalue weighted by atomic mass is 35.5. The van der Waals surface area contributed by atoms with Gasteiger partial charge in [0.15, 0.2) is 0 Å². The van der Waals surface area contributed by atoms with Crippen LogP contribution in [0.2, 0.25) is 0 Å². The predicted octanol–water partition coefficient (Wildman–Crippen LogP) is 3.42. The third kappa shape index (κ3) is 2.41. The lowest BCUT2D eigenvalue weighted by atomic mass is 9.89. The van der Waals surface area contributed by atoms with E-state index in [-0.39, 0.29) is 0 Å². The standard InChI is InChI=1S/C14H24ClN/c15-14-4-2-11(7-14)8-16-9-13-6-10-1-3-12(13)5-10/h10-14,16H,1-9H2. The van der Waals surface area contributed by atoms with Crippen molar-refractivity contribution in [2.24, 2.45) is 23.7 Å². The molecule has 3 aliphatic carbocycles. The first-order chi connectivity index (χ1) is 7.81. The second kappa shape index (κ2) is 4.86. The molecule has 0 aromatic carbocycles. The monoisotopic (exact) mass is 241 g/mol. The molecule has 0 saturated heterocycles. The van der Waals surface area contributed by atoms with E-state index in [1.807, 2.05) is 0 Å². The Morgan fingerprint density at radius 1 is 0.938 bits per heavy atom. The van der Waals surface area contributed by atoms with Gasteiger partial charge < -0.3 is 5.32 Å². The molecule has 5 atom stereocenters. The van der Waals surface area contributed by atoms with E-state index in [0.717, 1.165) is 23.7 Å². The summed E-state index contributed by atoms with van der Waals surface area (Å²) in [5.74, 6) is 4.03. The molecule has 0 aromatic heterocycles. The van der Waals surface area contributed by atoms with Crippen LogP contribution in [0.5, 0.6) is 0 Å². The van der Waals surface area contributed by atoms with Crippen molar-refractivity contribution < 1.29 is 0 Å². The zero-order valence-corrected chi connectivity index (χ0v) is 10.9. The van der Waals surface area contributed by atoms with Crippen LogP contribution >= 0.6 is 11.6 Å². The van der Waals surface area contributed by atoms with Gasteiger partial charge in [-0.05, 0) is 75.3 Å². The van der Waals surface area contributed by atoms with Gasteiger partial charge in [0.2, 0.25) is 0 Å². The molecule has 0 aliphatic heterocycles. The molecule has 3 saturated carbocycles. The summed E-state index contributed by atoms with van der Waals surface area (Å²) in [6, 6.07) is 0. The zero-order valence-electron chi connectivity index (χ0n) is 10.1. The van der Waals surface area contributed by atoms with Gasteiger partial charge in [-0.3, -0.25) is 0 Å². The number of alkyl halides is 1. The minimum Gasteiger partial charge on any atom is -0.316 e. The summed E-state index contributed by atoms with van der Waals surface area (Å²) >= 11 is 6.14. The third-order valence-electron chi connectivity index (χ3n) is 5.20. The number of nitrogens with one attached hydrogen (secondary N) is 1. The molecule has 5 unspecified atom stereocenters. The molecule has 0 amide bonds. The fourth-order valence-electron chi connectivity index (χ4n) is 4.30. The largest absolute Gasteiger partial charge is 0.316 e. The molecule has 0 heterocycles. The summed E-state index contributed by atoms with van der Waals surface area (Å²) in [5.41, 5.74) is 0. The summed E-state index contributed by atoms with van der Waals surface area (Å²) in [4.78, 5) is 0. The van der Waals surface area contributed by atoms with Gasteiger partial charge >= 0.3 is 0 Å². The van der Waals surface area contributed by atoms with E-state index in [9.17, 15) is 0 Å². The summed E-state index contributed by atoms with van der Waals surface area (Å²) in [6.45, 7) is 2.50. The molecule has 2 bridgehead atoms. The van der Waals surface area contributed by atoms with Crippen molar-refractivity contribution in [1.82, 2.24) is 5.32 Å². The molecule has 3 rings (SSSR count). The smallest absolute Gasteiger partial charge is 0.0339 e. The molecular formula is C14H24ClN. The molecular weight excluding hydrogens is 218 g/mol. The topological polar surface area (TPSA) is 12.0 Å². The maximum Gasteiger partial charge on any atom is 0.0339 e. The minimum atomic E-state index is 0.467. The van der Waals surface area contributed by atoms with Crippen molar-refractivity contribution in [3.05, 3.63) is 0 Å². The predicted molar refractivity (Wildman–Crippen MR) is 68.8 cm³/mol. The molecule has 92 valence electrons. The van der Waals surface area contributed by atoms with Crippen molar-refractivity contribution in [3.63, 3.8) is 0 Å². The summed E-state index contributed by atoms with van der Waals surface area (Å²) in [5, 5.41) is 4.18. The van der Waals surface area contributed by atoms with Crippen molar-refractivity contribution in [1.29, 1.82) is 0 Å². The molecule has 0 aromatic rings. The average Bonchev–Trinajstić information content (AvgIpc) is 2.94. The fourth-order valence-corrected chi connectivity index (χ4v) is 4.68. The van der Waals surface area contributed by atoms with Gasteiger partial charge in [-0.15, -0.1) is 11.6 Å². The van der Waals surface area contributed by atoms with E-state index < -0.39 is 0 Å². The Balaban J connectivity index is 1.35. The molecule has 0 radical (unpaired) electrons. The lowest BCUT2D eigenvalue weighted by Crippen LogP contribution is -2.30. The molecule has 1 N–H and O–H groups in total. The Hall–Kier alpha value is 0.250. The van der Waals surface area contributed by atoms with Crippen LogP contribution in [0.1, 0.15) is 44.9 Å². The van der Waals surface area contributed by atoms with E-state index in [1.165, 1.54) is 51.6 Å². The van der Waals surface area contributed by atoms with Crippen molar-refractivity contribution in [3.8, 4) is 0 Å². The Labute approximate surface area is 104 Å². The molecule has 16 heavy (non-hydrogen) atoms.